The standard InChI is InChI=1S/C17H22N2O2/c20-13-14-10-19(17-7-3-2-6-16(14)17)12-15(21)11-18-8-4-1-5-9-18/h2-3,6-7,10,13,15,21H,1,4-5,8-9,11-12H2/t15-/m1/s1. The molecule has 112 valence electrons. The molecule has 1 N–H and O–H groups in total. The molecule has 1 atom stereocenters. The summed E-state index contributed by atoms with van der Waals surface area (Å²) in [6.07, 6.45) is 6.09. The predicted octanol–water partition coefficient (Wildman–Crippen LogP) is 2.30. The molecule has 0 bridgehead atoms. The largest absolute Gasteiger partial charge is 0.390 e. The van der Waals surface area contributed by atoms with Crippen LogP contribution >= 0.6 is 0 Å². The van der Waals surface area contributed by atoms with Crippen molar-refractivity contribution in [3.8, 4) is 0 Å². The van der Waals surface area contributed by atoms with Crippen molar-refractivity contribution in [1.82, 2.24) is 9.47 Å². The van der Waals surface area contributed by atoms with Gasteiger partial charge in [-0.3, -0.25) is 4.79 Å². The number of para-hydroxylation sites is 1. The normalized spacial score (nSPS) is 18.0. The van der Waals surface area contributed by atoms with Gasteiger partial charge in [-0.2, -0.15) is 0 Å². The fraction of sp³-hybridized carbons (Fsp3) is 0.471. The molecule has 1 aliphatic heterocycles. The van der Waals surface area contributed by atoms with Crippen molar-refractivity contribution in [2.24, 2.45) is 0 Å². The Morgan fingerprint density at radius 3 is 2.67 bits per heavy atom. The number of β-amino-alcohol motifs (C(OH)–C–C–N with tert-alkyl or cyclic N) is 1. The minimum atomic E-state index is -0.404. The fourth-order valence-corrected chi connectivity index (χ4v) is 3.24. The lowest BCUT2D eigenvalue weighted by Gasteiger charge is -2.28. The third-order valence-electron chi connectivity index (χ3n) is 4.27. The Kier molecular flexibility index (Phi) is 4.36. The number of rotatable bonds is 5. The third-order valence-corrected chi connectivity index (χ3v) is 4.27. The van der Waals surface area contributed by atoms with E-state index in [2.05, 4.69) is 4.90 Å². The lowest BCUT2D eigenvalue weighted by atomic mass is 10.1. The molecule has 1 saturated heterocycles. The summed E-state index contributed by atoms with van der Waals surface area (Å²) in [5.41, 5.74) is 1.70. The van der Waals surface area contributed by atoms with Crippen LogP contribution in [0.1, 0.15) is 29.6 Å². The molecule has 4 heteroatoms. The molecule has 2 heterocycles. The molecular formula is C17H22N2O2. The van der Waals surface area contributed by atoms with Gasteiger partial charge in [0, 0.05) is 35.8 Å². The van der Waals surface area contributed by atoms with Crippen LogP contribution < -0.4 is 0 Å². The van der Waals surface area contributed by atoms with E-state index in [1.807, 2.05) is 35.0 Å². The number of hydrogen-bond acceptors (Lipinski definition) is 3. The molecular weight excluding hydrogens is 264 g/mol. The minimum absolute atomic E-state index is 0.404. The summed E-state index contributed by atoms with van der Waals surface area (Å²) in [7, 11) is 0. The lowest BCUT2D eigenvalue weighted by Crippen LogP contribution is -2.37. The number of likely N-dealkylation sites (tertiary alicyclic amines) is 1. The quantitative estimate of drug-likeness (QED) is 0.858. The Bertz CT molecular complexity index is 614. The van der Waals surface area contributed by atoms with Crippen LogP contribution in [0.15, 0.2) is 30.5 Å². The second kappa shape index (κ2) is 6.41. The maximum atomic E-state index is 11.2. The SMILES string of the molecule is O=Cc1cn(C[C@H](O)CN2CCCCC2)c2ccccc12. The van der Waals surface area contributed by atoms with Crippen LogP contribution in [0.25, 0.3) is 10.9 Å². The van der Waals surface area contributed by atoms with Gasteiger partial charge in [0.15, 0.2) is 6.29 Å². The van der Waals surface area contributed by atoms with E-state index < -0.39 is 6.10 Å². The number of nitrogens with zero attached hydrogens (tertiary/aromatic N) is 2. The average Bonchev–Trinajstić information content (AvgIpc) is 2.86. The number of piperidine rings is 1. The highest BCUT2D eigenvalue weighted by Gasteiger charge is 2.16. The summed E-state index contributed by atoms with van der Waals surface area (Å²) in [4.78, 5) is 13.5. The molecule has 0 amide bonds. The number of aliphatic hydroxyl groups excluding tert-OH is 1. The molecule has 0 radical (unpaired) electrons. The van der Waals surface area contributed by atoms with Crippen molar-refractivity contribution in [2.75, 3.05) is 19.6 Å². The molecule has 0 unspecified atom stereocenters. The van der Waals surface area contributed by atoms with Crippen molar-refractivity contribution in [3.63, 3.8) is 0 Å². The summed E-state index contributed by atoms with van der Waals surface area (Å²) < 4.78 is 1.99. The second-order valence-corrected chi connectivity index (χ2v) is 5.89. The highest BCUT2D eigenvalue weighted by molar-refractivity contribution is 5.97. The number of fused-ring (bicyclic) bond motifs is 1. The zero-order valence-corrected chi connectivity index (χ0v) is 12.2. The van der Waals surface area contributed by atoms with Gasteiger partial charge >= 0.3 is 0 Å². The summed E-state index contributed by atoms with van der Waals surface area (Å²) >= 11 is 0. The van der Waals surface area contributed by atoms with Crippen LogP contribution in [0.4, 0.5) is 0 Å². The van der Waals surface area contributed by atoms with Gasteiger partial charge in [0.1, 0.15) is 0 Å². The van der Waals surface area contributed by atoms with Crippen LogP contribution in [-0.4, -0.2) is 46.6 Å². The number of carbonyl (C=O) groups is 1. The number of hydrogen-bond donors (Lipinski definition) is 1. The third kappa shape index (κ3) is 3.17. The van der Waals surface area contributed by atoms with E-state index in [1.165, 1.54) is 19.3 Å². The van der Waals surface area contributed by atoms with Gasteiger partial charge < -0.3 is 14.6 Å². The van der Waals surface area contributed by atoms with Gasteiger partial charge in [0.25, 0.3) is 0 Å². The first-order valence-corrected chi connectivity index (χ1v) is 7.71. The molecule has 1 fully saturated rings. The van der Waals surface area contributed by atoms with E-state index in [1.54, 1.807) is 0 Å². The molecule has 0 aliphatic carbocycles. The van der Waals surface area contributed by atoms with Gasteiger partial charge in [-0.15, -0.1) is 0 Å². The van der Waals surface area contributed by atoms with Gasteiger partial charge in [0.05, 0.1) is 6.10 Å². The molecule has 4 nitrogen and oxygen atoms in total. The fourth-order valence-electron chi connectivity index (χ4n) is 3.24. The maximum Gasteiger partial charge on any atom is 0.152 e. The van der Waals surface area contributed by atoms with Crippen LogP contribution in [0.5, 0.6) is 0 Å². The Balaban J connectivity index is 1.73. The Morgan fingerprint density at radius 2 is 1.90 bits per heavy atom. The van der Waals surface area contributed by atoms with Crippen molar-refractivity contribution in [3.05, 3.63) is 36.0 Å². The first-order valence-electron chi connectivity index (χ1n) is 7.71. The number of carbonyl (C=O) groups excluding carboxylic acids is 1. The monoisotopic (exact) mass is 286 g/mol. The second-order valence-electron chi connectivity index (χ2n) is 5.89. The van der Waals surface area contributed by atoms with Gasteiger partial charge in [-0.1, -0.05) is 24.6 Å². The smallest absolute Gasteiger partial charge is 0.152 e. The van der Waals surface area contributed by atoms with Crippen molar-refractivity contribution in [2.45, 2.75) is 31.9 Å². The van der Waals surface area contributed by atoms with Gasteiger partial charge in [-0.05, 0) is 32.0 Å². The van der Waals surface area contributed by atoms with Gasteiger partial charge in [-0.25, -0.2) is 0 Å². The molecule has 1 aromatic carbocycles. The van der Waals surface area contributed by atoms with Gasteiger partial charge in [0.2, 0.25) is 0 Å². The summed E-state index contributed by atoms with van der Waals surface area (Å²) in [5.74, 6) is 0. The Hall–Kier alpha value is -1.65. The van der Waals surface area contributed by atoms with Crippen LogP contribution in [0, 0.1) is 0 Å². The molecule has 1 aliphatic rings. The average molecular weight is 286 g/mol. The zero-order chi connectivity index (χ0) is 14.7. The highest BCUT2D eigenvalue weighted by atomic mass is 16.3. The number of aromatic nitrogens is 1. The van der Waals surface area contributed by atoms with Crippen LogP contribution in [0.3, 0.4) is 0 Å². The van der Waals surface area contributed by atoms with Crippen LogP contribution in [0.2, 0.25) is 0 Å². The van der Waals surface area contributed by atoms with E-state index in [0.29, 0.717) is 18.7 Å². The van der Waals surface area contributed by atoms with E-state index in [-0.39, 0.29) is 0 Å². The summed E-state index contributed by atoms with van der Waals surface area (Å²) in [6.45, 7) is 3.42. The maximum absolute atomic E-state index is 11.2. The first-order chi connectivity index (χ1) is 10.3. The van der Waals surface area contributed by atoms with Crippen molar-refractivity contribution in [1.29, 1.82) is 0 Å². The number of benzene rings is 1. The Labute approximate surface area is 125 Å². The first kappa shape index (κ1) is 14.3. The Morgan fingerprint density at radius 1 is 1.14 bits per heavy atom. The van der Waals surface area contributed by atoms with Crippen LogP contribution in [-0.2, 0) is 6.54 Å². The zero-order valence-electron chi connectivity index (χ0n) is 12.2. The molecule has 1 aromatic heterocycles. The van der Waals surface area contributed by atoms with Crippen molar-refractivity contribution >= 4 is 17.2 Å². The number of aliphatic hydroxyl groups is 1. The van der Waals surface area contributed by atoms with E-state index in [0.717, 1.165) is 30.3 Å². The predicted molar refractivity (Wildman–Crippen MR) is 83.6 cm³/mol. The van der Waals surface area contributed by atoms with Crippen molar-refractivity contribution < 1.29 is 9.90 Å². The molecule has 21 heavy (non-hydrogen) atoms. The topological polar surface area (TPSA) is 45.5 Å². The minimum Gasteiger partial charge on any atom is -0.390 e. The molecule has 0 saturated carbocycles. The molecule has 2 aromatic rings. The van der Waals surface area contributed by atoms with E-state index in [9.17, 15) is 9.90 Å². The highest BCUT2D eigenvalue weighted by Crippen LogP contribution is 2.20. The summed E-state index contributed by atoms with van der Waals surface area (Å²) in [6, 6.07) is 7.84. The van der Waals surface area contributed by atoms with E-state index in [4.69, 9.17) is 0 Å². The lowest BCUT2D eigenvalue weighted by molar-refractivity contribution is 0.0891. The number of aldehydes is 1. The van der Waals surface area contributed by atoms with E-state index >= 15 is 0 Å². The molecule has 0 spiro atoms. The summed E-state index contributed by atoms with van der Waals surface area (Å²) in [5, 5.41) is 11.3. The molecule has 3 rings (SSSR count).